The number of anilines is 1. The van der Waals surface area contributed by atoms with Crippen LogP contribution in [-0.4, -0.2) is 18.2 Å². The van der Waals surface area contributed by atoms with E-state index in [1.807, 2.05) is 19.1 Å². The Balaban J connectivity index is 2.53. The van der Waals surface area contributed by atoms with Gasteiger partial charge < -0.3 is 16.2 Å². The Morgan fingerprint density at radius 1 is 1.46 bits per heavy atom. The van der Waals surface area contributed by atoms with E-state index in [2.05, 4.69) is 5.32 Å². The molecule has 3 nitrogen and oxygen atoms in total. The highest BCUT2D eigenvalue weighted by atomic mass is 16.3. The van der Waals surface area contributed by atoms with Gasteiger partial charge >= 0.3 is 0 Å². The first-order valence-corrected chi connectivity index (χ1v) is 4.47. The molecule has 0 bridgehead atoms. The minimum absolute atomic E-state index is 0.331. The van der Waals surface area contributed by atoms with E-state index in [1.165, 1.54) is 0 Å². The van der Waals surface area contributed by atoms with E-state index in [1.54, 1.807) is 6.07 Å². The lowest BCUT2D eigenvalue weighted by atomic mass is 10.2. The summed E-state index contributed by atoms with van der Waals surface area (Å²) in [6.07, 6.45) is 0.939. The molecule has 0 amide bonds. The van der Waals surface area contributed by atoms with Crippen LogP contribution >= 0.6 is 0 Å². The fourth-order valence-corrected chi connectivity index (χ4v) is 1.05. The highest BCUT2D eigenvalue weighted by Crippen LogP contribution is 2.20. The molecule has 0 saturated heterocycles. The Morgan fingerprint density at radius 2 is 2.23 bits per heavy atom. The summed E-state index contributed by atoms with van der Waals surface area (Å²) in [5, 5.41) is 12.6. The molecule has 0 aliphatic carbocycles. The molecular weight excluding hydrogens is 164 g/mol. The first kappa shape index (κ1) is 9.86. The van der Waals surface area contributed by atoms with E-state index in [4.69, 9.17) is 5.73 Å². The maximum Gasteiger partial charge on any atom is 0.120 e. The molecular formula is C10H16N2O. The number of benzene rings is 1. The molecule has 0 atom stereocenters. The Hall–Kier alpha value is -1.22. The van der Waals surface area contributed by atoms with Crippen LogP contribution in [-0.2, 0) is 0 Å². The van der Waals surface area contributed by atoms with Crippen LogP contribution < -0.4 is 11.1 Å². The summed E-state index contributed by atoms with van der Waals surface area (Å²) in [6, 6.07) is 5.57. The van der Waals surface area contributed by atoms with Crippen molar-refractivity contribution < 1.29 is 5.11 Å². The van der Waals surface area contributed by atoms with Gasteiger partial charge in [-0.15, -0.1) is 0 Å². The SMILES string of the molecule is Cc1ccc(NCCCN)cc1O. The average Bonchev–Trinajstić information content (AvgIpc) is 2.12. The fourth-order valence-electron chi connectivity index (χ4n) is 1.05. The molecule has 13 heavy (non-hydrogen) atoms. The zero-order chi connectivity index (χ0) is 9.68. The second kappa shape index (κ2) is 4.72. The molecule has 72 valence electrons. The second-order valence-corrected chi connectivity index (χ2v) is 3.07. The second-order valence-electron chi connectivity index (χ2n) is 3.07. The zero-order valence-corrected chi connectivity index (χ0v) is 7.88. The molecule has 0 spiro atoms. The fraction of sp³-hybridized carbons (Fsp3) is 0.400. The Labute approximate surface area is 78.6 Å². The van der Waals surface area contributed by atoms with E-state index in [9.17, 15) is 5.11 Å². The summed E-state index contributed by atoms with van der Waals surface area (Å²) in [5.41, 5.74) is 7.19. The molecule has 0 unspecified atom stereocenters. The van der Waals surface area contributed by atoms with Crippen LogP contribution in [0.25, 0.3) is 0 Å². The minimum Gasteiger partial charge on any atom is -0.508 e. The van der Waals surface area contributed by atoms with Crippen LogP contribution in [0, 0.1) is 6.92 Å². The van der Waals surface area contributed by atoms with Crippen LogP contribution in [0.3, 0.4) is 0 Å². The molecule has 0 aromatic heterocycles. The van der Waals surface area contributed by atoms with E-state index in [0.29, 0.717) is 12.3 Å². The van der Waals surface area contributed by atoms with E-state index in [-0.39, 0.29) is 0 Å². The first-order valence-electron chi connectivity index (χ1n) is 4.47. The van der Waals surface area contributed by atoms with Gasteiger partial charge in [0.2, 0.25) is 0 Å². The van der Waals surface area contributed by atoms with Crippen LogP contribution in [0.2, 0.25) is 0 Å². The van der Waals surface area contributed by atoms with E-state index < -0.39 is 0 Å². The quantitative estimate of drug-likeness (QED) is 0.615. The van der Waals surface area contributed by atoms with Crippen molar-refractivity contribution in [2.75, 3.05) is 18.4 Å². The molecule has 0 heterocycles. The lowest BCUT2D eigenvalue weighted by Gasteiger charge is -2.06. The van der Waals surface area contributed by atoms with Crippen LogP contribution in [0.15, 0.2) is 18.2 Å². The Kier molecular flexibility index (Phi) is 3.58. The third-order valence-electron chi connectivity index (χ3n) is 1.92. The third kappa shape index (κ3) is 2.95. The predicted molar refractivity (Wildman–Crippen MR) is 55.0 cm³/mol. The van der Waals surface area contributed by atoms with Crippen molar-refractivity contribution in [1.82, 2.24) is 0 Å². The molecule has 0 aliphatic rings. The van der Waals surface area contributed by atoms with Crippen LogP contribution in [0.5, 0.6) is 5.75 Å². The number of hydrogen-bond acceptors (Lipinski definition) is 3. The van der Waals surface area contributed by atoms with Gasteiger partial charge in [0, 0.05) is 18.3 Å². The predicted octanol–water partition coefficient (Wildman–Crippen LogP) is 1.46. The standard InChI is InChI=1S/C10H16N2O/c1-8-3-4-9(7-10(8)13)12-6-2-5-11/h3-4,7,12-13H,2,5-6,11H2,1H3. The van der Waals surface area contributed by atoms with E-state index in [0.717, 1.165) is 24.2 Å². The molecule has 1 rings (SSSR count). The van der Waals surface area contributed by atoms with Crippen molar-refractivity contribution >= 4 is 5.69 Å². The van der Waals surface area contributed by atoms with Gasteiger partial charge in [0.15, 0.2) is 0 Å². The van der Waals surface area contributed by atoms with Crippen molar-refractivity contribution in [2.24, 2.45) is 5.73 Å². The van der Waals surface area contributed by atoms with Gasteiger partial charge in [-0.25, -0.2) is 0 Å². The summed E-state index contributed by atoms with van der Waals surface area (Å²) in [5.74, 6) is 0.331. The third-order valence-corrected chi connectivity index (χ3v) is 1.92. The monoisotopic (exact) mass is 180 g/mol. The molecule has 0 radical (unpaired) electrons. The Bertz CT molecular complexity index is 274. The minimum atomic E-state index is 0.331. The average molecular weight is 180 g/mol. The number of nitrogens with two attached hydrogens (primary N) is 1. The largest absolute Gasteiger partial charge is 0.508 e. The number of aromatic hydroxyl groups is 1. The van der Waals surface area contributed by atoms with Crippen LogP contribution in [0.4, 0.5) is 5.69 Å². The van der Waals surface area contributed by atoms with Crippen molar-refractivity contribution in [2.45, 2.75) is 13.3 Å². The highest BCUT2D eigenvalue weighted by Gasteiger charge is 1.96. The van der Waals surface area contributed by atoms with Crippen molar-refractivity contribution in [3.63, 3.8) is 0 Å². The van der Waals surface area contributed by atoms with Gasteiger partial charge in [-0.1, -0.05) is 6.07 Å². The number of rotatable bonds is 4. The molecule has 0 aliphatic heterocycles. The van der Waals surface area contributed by atoms with E-state index >= 15 is 0 Å². The molecule has 0 fully saturated rings. The van der Waals surface area contributed by atoms with Gasteiger partial charge in [-0.2, -0.15) is 0 Å². The summed E-state index contributed by atoms with van der Waals surface area (Å²) < 4.78 is 0. The number of hydrogen-bond donors (Lipinski definition) is 3. The lowest BCUT2D eigenvalue weighted by Crippen LogP contribution is -2.08. The molecule has 0 saturated carbocycles. The smallest absolute Gasteiger partial charge is 0.120 e. The summed E-state index contributed by atoms with van der Waals surface area (Å²) >= 11 is 0. The normalized spacial score (nSPS) is 10.0. The number of phenolic OH excluding ortho intramolecular Hbond substituents is 1. The number of phenols is 1. The summed E-state index contributed by atoms with van der Waals surface area (Å²) in [6.45, 7) is 3.41. The maximum absolute atomic E-state index is 9.39. The molecule has 3 heteroatoms. The van der Waals surface area contributed by atoms with Crippen LogP contribution in [0.1, 0.15) is 12.0 Å². The summed E-state index contributed by atoms with van der Waals surface area (Å²) in [4.78, 5) is 0. The molecule has 1 aromatic rings. The van der Waals surface area contributed by atoms with Gasteiger partial charge in [0.1, 0.15) is 5.75 Å². The summed E-state index contributed by atoms with van der Waals surface area (Å²) in [7, 11) is 0. The molecule has 4 N–H and O–H groups in total. The Morgan fingerprint density at radius 3 is 2.85 bits per heavy atom. The topological polar surface area (TPSA) is 58.3 Å². The maximum atomic E-state index is 9.39. The van der Waals surface area contributed by atoms with Crippen molar-refractivity contribution in [3.8, 4) is 5.75 Å². The highest BCUT2D eigenvalue weighted by molar-refractivity contribution is 5.50. The number of nitrogens with one attached hydrogen (secondary N) is 1. The van der Waals surface area contributed by atoms with Gasteiger partial charge in [-0.05, 0) is 31.5 Å². The lowest BCUT2D eigenvalue weighted by molar-refractivity contribution is 0.471. The number of aryl methyl sites for hydroxylation is 1. The van der Waals surface area contributed by atoms with Crippen molar-refractivity contribution in [3.05, 3.63) is 23.8 Å². The van der Waals surface area contributed by atoms with Gasteiger partial charge in [0.25, 0.3) is 0 Å². The first-order chi connectivity index (χ1) is 6.24. The van der Waals surface area contributed by atoms with Gasteiger partial charge in [0.05, 0.1) is 0 Å². The van der Waals surface area contributed by atoms with Crippen molar-refractivity contribution in [1.29, 1.82) is 0 Å². The van der Waals surface area contributed by atoms with Gasteiger partial charge in [-0.3, -0.25) is 0 Å². The molecule has 1 aromatic carbocycles. The zero-order valence-electron chi connectivity index (χ0n) is 7.88.